The van der Waals surface area contributed by atoms with Gasteiger partial charge >= 0.3 is 7.60 Å². The molecule has 0 bridgehead atoms. The fourth-order valence-electron chi connectivity index (χ4n) is 1.70. The van der Waals surface area contributed by atoms with Crippen molar-refractivity contribution in [3.8, 4) is 6.07 Å². The number of nitriles is 1. The molecule has 86 valence electrons. The van der Waals surface area contributed by atoms with Crippen LogP contribution in [-0.4, -0.2) is 24.4 Å². The highest BCUT2D eigenvalue weighted by Crippen LogP contribution is 2.61. The molecule has 0 aliphatic heterocycles. The van der Waals surface area contributed by atoms with E-state index in [9.17, 15) is 4.57 Å². The van der Waals surface area contributed by atoms with Crippen molar-refractivity contribution in [2.75, 3.05) is 13.2 Å². The predicted octanol–water partition coefficient (Wildman–Crippen LogP) is 1.64. The minimum absolute atomic E-state index is 0.220. The highest BCUT2D eigenvalue weighted by atomic mass is 31.2. The maximum atomic E-state index is 12.2. The van der Waals surface area contributed by atoms with Crippen molar-refractivity contribution < 1.29 is 13.6 Å². The molecule has 0 heterocycles. The van der Waals surface area contributed by atoms with E-state index < -0.39 is 13.1 Å². The highest BCUT2D eigenvalue weighted by Gasteiger charge is 2.52. The smallest absolute Gasteiger partial charge is 0.313 e. The lowest BCUT2D eigenvalue weighted by atomic mass is 9.78. The molecule has 0 aromatic carbocycles. The van der Waals surface area contributed by atoms with Crippen molar-refractivity contribution in [2.24, 2.45) is 5.73 Å². The van der Waals surface area contributed by atoms with Gasteiger partial charge in [0.1, 0.15) is 5.54 Å². The Hall–Kier alpha value is -0.400. The highest BCUT2D eigenvalue weighted by molar-refractivity contribution is 7.54. The van der Waals surface area contributed by atoms with Gasteiger partial charge < -0.3 is 14.8 Å². The lowest BCUT2D eigenvalue weighted by Gasteiger charge is -2.41. The van der Waals surface area contributed by atoms with Crippen molar-refractivity contribution in [1.82, 2.24) is 0 Å². The molecule has 1 aliphatic rings. The van der Waals surface area contributed by atoms with Crippen LogP contribution in [0.4, 0.5) is 0 Å². The average molecular weight is 232 g/mol. The summed E-state index contributed by atoms with van der Waals surface area (Å²) in [4.78, 5) is 0. The molecule has 0 saturated heterocycles. The molecule has 0 spiro atoms. The van der Waals surface area contributed by atoms with Crippen LogP contribution in [0.25, 0.3) is 0 Å². The van der Waals surface area contributed by atoms with E-state index in [1.165, 1.54) is 0 Å². The van der Waals surface area contributed by atoms with E-state index in [1.54, 1.807) is 13.8 Å². The van der Waals surface area contributed by atoms with Crippen LogP contribution >= 0.6 is 7.60 Å². The molecule has 6 heteroatoms. The molecule has 15 heavy (non-hydrogen) atoms. The minimum Gasteiger partial charge on any atom is -0.313 e. The van der Waals surface area contributed by atoms with Crippen LogP contribution in [0.15, 0.2) is 0 Å². The van der Waals surface area contributed by atoms with Crippen LogP contribution in [0.5, 0.6) is 0 Å². The number of nitrogens with two attached hydrogens (primary N) is 1. The summed E-state index contributed by atoms with van der Waals surface area (Å²) in [6.07, 6.45) is 0.779. The van der Waals surface area contributed by atoms with E-state index in [4.69, 9.17) is 20.0 Å². The number of hydrogen-bond donors (Lipinski definition) is 1. The third kappa shape index (κ3) is 2.59. The molecular weight excluding hydrogens is 215 g/mol. The van der Waals surface area contributed by atoms with Gasteiger partial charge in [-0.2, -0.15) is 5.26 Å². The Kier molecular flexibility index (Phi) is 3.91. The van der Waals surface area contributed by atoms with Crippen LogP contribution in [0.1, 0.15) is 26.7 Å². The molecule has 5 nitrogen and oxygen atoms in total. The third-order valence-electron chi connectivity index (χ3n) is 2.49. The maximum Gasteiger partial charge on any atom is 0.333 e. The van der Waals surface area contributed by atoms with E-state index in [0.717, 1.165) is 0 Å². The fourth-order valence-corrected chi connectivity index (χ4v) is 4.02. The lowest BCUT2D eigenvalue weighted by Crippen LogP contribution is -2.53. The van der Waals surface area contributed by atoms with Crippen molar-refractivity contribution >= 4 is 7.60 Å². The summed E-state index contributed by atoms with van der Waals surface area (Å²) in [7, 11) is -3.05. The molecule has 0 unspecified atom stereocenters. The molecule has 1 saturated carbocycles. The zero-order valence-corrected chi connectivity index (χ0v) is 10.00. The molecule has 0 amide bonds. The van der Waals surface area contributed by atoms with Gasteiger partial charge in [-0.05, 0) is 26.7 Å². The summed E-state index contributed by atoms with van der Waals surface area (Å²) >= 11 is 0. The second-order valence-corrected chi connectivity index (χ2v) is 6.03. The summed E-state index contributed by atoms with van der Waals surface area (Å²) in [5, 5.41) is 8.74. The van der Waals surface area contributed by atoms with E-state index in [0.29, 0.717) is 26.1 Å². The van der Waals surface area contributed by atoms with E-state index in [2.05, 4.69) is 0 Å². The van der Waals surface area contributed by atoms with Crippen molar-refractivity contribution in [1.29, 1.82) is 5.26 Å². The van der Waals surface area contributed by atoms with E-state index in [-0.39, 0.29) is 5.66 Å². The Labute approximate surface area is 90.1 Å². The Morgan fingerprint density at radius 2 is 1.93 bits per heavy atom. The first-order valence-electron chi connectivity index (χ1n) is 5.08. The van der Waals surface area contributed by atoms with Gasteiger partial charge in [0.2, 0.25) is 0 Å². The summed E-state index contributed by atoms with van der Waals surface area (Å²) in [5.41, 5.74) is 4.63. The van der Waals surface area contributed by atoms with Crippen LogP contribution in [0, 0.1) is 11.3 Å². The molecule has 0 radical (unpaired) electrons. The molecule has 1 fully saturated rings. The Morgan fingerprint density at radius 1 is 1.47 bits per heavy atom. The summed E-state index contributed by atoms with van der Waals surface area (Å²) in [6, 6.07) is 2.01. The standard InChI is InChI=1S/C9H17N2O3P/c1-3-13-15(12,14-4-2)8-5-9(11,6-8)7-10/h8H,3-6,11H2,1-2H3. The second kappa shape index (κ2) is 4.63. The fraction of sp³-hybridized carbons (Fsp3) is 0.889. The van der Waals surface area contributed by atoms with Crippen molar-refractivity contribution in [2.45, 2.75) is 37.9 Å². The summed E-state index contributed by atoms with van der Waals surface area (Å²) in [5.74, 6) is 0. The Bertz CT molecular complexity index is 297. The van der Waals surface area contributed by atoms with Crippen molar-refractivity contribution in [3.05, 3.63) is 0 Å². The molecule has 0 atom stereocenters. The molecule has 2 N–H and O–H groups in total. The van der Waals surface area contributed by atoms with Crippen LogP contribution in [-0.2, 0) is 13.6 Å². The van der Waals surface area contributed by atoms with E-state index in [1.807, 2.05) is 6.07 Å². The van der Waals surface area contributed by atoms with Gasteiger partial charge in [-0.3, -0.25) is 4.57 Å². The quantitative estimate of drug-likeness (QED) is 0.728. The van der Waals surface area contributed by atoms with Gasteiger partial charge in [-0.15, -0.1) is 0 Å². The average Bonchev–Trinajstić information content (AvgIpc) is 2.13. The van der Waals surface area contributed by atoms with Crippen LogP contribution in [0.3, 0.4) is 0 Å². The zero-order valence-electron chi connectivity index (χ0n) is 9.10. The summed E-state index contributed by atoms with van der Waals surface area (Å²) < 4.78 is 22.5. The predicted molar refractivity (Wildman–Crippen MR) is 56.4 cm³/mol. The number of rotatable bonds is 5. The normalized spacial score (nSPS) is 30.7. The first kappa shape index (κ1) is 12.7. The second-order valence-electron chi connectivity index (χ2n) is 3.71. The number of nitrogens with zero attached hydrogens (tertiary/aromatic N) is 1. The molecule has 0 aromatic heterocycles. The molecular formula is C9H17N2O3P. The number of hydrogen-bond acceptors (Lipinski definition) is 5. The summed E-state index contributed by atoms with van der Waals surface area (Å²) in [6.45, 7) is 4.23. The first-order valence-corrected chi connectivity index (χ1v) is 6.70. The topological polar surface area (TPSA) is 85.3 Å². The van der Waals surface area contributed by atoms with Crippen LogP contribution < -0.4 is 5.73 Å². The van der Waals surface area contributed by atoms with Gasteiger partial charge in [-0.1, -0.05) is 0 Å². The van der Waals surface area contributed by atoms with Gasteiger partial charge in [-0.25, -0.2) is 0 Å². The Balaban J connectivity index is 2.62. The molecule has 0 aromatic rings. The minimum atomic E-state index is -3.05. The van der Waals surface area contributed by atoms with Crippen molar-refractivity contribution in [3.63, 3.8) is 0 Å². The van der Waals surface area contributed by atoms with Gasteiger partial charge in [0, 0.05) is 0 Å². The maximum absolute atomic E-state index is 12.2. The Morgan fingerprint density at radius 3 is 2.27 bits per heavy atom. The SMILES string of the molecule is CCOP(=O)(OCC)C1CC(N)(C#N)C1. The molecule has 1 aliphatic carbocycles. The van der Waals surface area contributed by atoms with Gasteiger partial charge in [0.15, 0.2) is 0 Å². The van der Waals surface area contributed by atoms with E-state index >= 15 is 0 Å². The largest absolute Gasteiger partial charge is 0.333 e. The van der Waals surface area contributed by atoms with Gasteiger partial charge in [0.05, 0.1) is 24.9 Å². The lowest BCUT2D eigenvalue weighted by molar-refractivity contribution is 0.184. The molecule has 1 rings (SSSR count). The first-order chi connectivity index (χ1) is 6.99. The zero-order chi connectivity index (χ0) is 11.5. The monoisotopic (exact) mass is 232 g/mol. The van der Waals surface area contributed by atoms with Crippen LogP contribution in [0.2, 0.25) is 0 Å². The third-order valence-corrected chi connectivity index (χ3v) is 4.98. The van der Waals surface area contributed by atoms with Gasteiger partial charge in [0.25, 0.3) is 0 Å².